The molecule has 0 unspecified atom stereocenters. The highest BCUT2D eigenvalue weighted by molar-refractivity contribution is 6.01. The molecule has 4 nitrogen and oxygen atoms in total. The van der Waals surface area contributed by atoms with Crippen LogP contribution in [0.1, 0.15) is 24.5 Å². The summed E-state index contributed by atoms with van der Waals surface area (Å²) < 4.78 is 5.58. The lowest BCUT2D eigenvalue weighted by molar-refractivity contribution is 0.232. The predicted molar refractivity (Wildman–Crippen MR) is 62.4 cm³/mol. The molecule has 0 aliphatic carbocycles. The van der Waals surface area contributed by atoms with Crippen LogP contribution in [0.15, 0.2) is 23.4 Å². The number of oxime groups is 1. The molecule has 0 aliphatic rings. The van der Waals surface area contributed by atoms with Gasteiger partial charge in [0.05, 0.1) is 12.3 Å². The van der Waals surface area contributed by atoms with E-state index in [1.165, 1.54) is 0 Å². The molecule has 0 aliphatic heterocycles. The first-order chi connectivity index (χ1) is 7.70. The number of benzene rings is 1. The number of hydrogen-bond acceptors (Lipinski definition) is 4. The molecule has 0 radical (unpaired) electrons. The molecule has 0 saturated carbocycles. The summed E-state index contributed by atoms with van der Waals surface area (Å²) in [4.78, 5) is 0. The minimum atomic E-state index is 0.105. The van der Waals surface area contributed by atoms with Crippen LogP contribution in [-0.2, 0) is 0 Å². The minimum Gasteiger partial charge on any atom is -0.493 e. The largest absolute Gasteiger partial charge is 0.493 e. The fourth-order valence-corrected chi connectivity index (χ4v) is 1.42. The van der Waals surface area contributed by atoms with E-state index in [1.807, 2.05) is 25.1 Å². The highest BCUT2D eigenvalue weighted by Crippen LogP contribution is 2.24. The molecule has 16 heavy (non-hydrogen) atoms. The molecule has 0 atom stereocenters. The molecular formula is C12H17NO3. The van der Waals surface area contributed by atoms with Gasteiger partial charge in [-0.05, 0) is 25.5 Å². The zero-order valence-corrected chi connectivity index (χ0v) is 9.60. The lowest BCUT2D eigenvalue weighted by atomic mass is 10.1. The highest BCUT2D eigenvalue weighted by atomic mass is 16.5. The normalized spacial score (nSPS) is 11.6. The van der Waals surface area contributed by atoms with E-state index in [-0.39, 0.29) is 6.61 Å². The van der Waals surface area contributed by atoms with Crippen molar-refractivity contribution in [3.8, 4) is 5.75 Å². The van der Waals surface area contributed by atoms with Crippen molar-refractivity contribution in [3.05, 3.63) is 29.3 Å². The summed E-state index contributed by atoms with van der Waals surface area (Å²) in [5, 5.41) is 20.6. The Labute approximate surface area is 95.2 Å². The maximum atomic E-state index is 8.77. The number of ether oxygens (including phenoxy) is 1. The van der Waals surface area contributed by atoms with Crippen LogP contribution in [0, 0.1) is 6.92 Å². The lowest BCUT2D eigenvalue weighted by Gasteiger charge is -2.12. The third-order valence-corrected chi connectivity index (χ3v) is 2.30. The SMILES string of the molecule is C/C(=N\O)c1cccc(C)c1OCCCO. The van der Waals surface area contributed by atoms with Gasteiger partial charge in [-0.2, -0.15) is 0 Å². The Morgan fingerprint density at radius 2 is 2.19 bits per heavy atom. The Kier molecular flexibility index (Phi) is 4.79. The summed E-state index contributed by atoms with van der Waals surface area (Å²) in [5.74, 6) is 0.714. The van der Waals surface area contributed by atoms with Gasteiger partial charge >= 0.3 is 0 Å². The van der Waals surface area contributed by atoms with Crippen LogP contribution in [0.2, 0.25) is 0 Å². The fourth-order valence-electron chi connectivity index (χ4n) is 1.42. The van der Waals surface area contributed by atoms with Crippen molar-refractivity contribution >= 4 is 5.71 Å². The van der Waals surface area contributed by atoms with E-state index < -0.39 is 0 Å². The first-order valence-corrected chi connectivity index (χ1v) is 5.23. The molecule has 0 aromatic heterocycles. The van der Waals surface area contributed by atoms with Gasteiger partial charge in [-0.25, -0.2) is 0 Å². The Morgan fingerprint density at radius 3 is 2.81 bits per heavy atom. The molecular weight excluding hydrogens is 206 g/mol. The van der Waals surface area contributed by atoms with Gasteiger partial charge < -0.3 is 15.1 Å². The zero-order valence-electron chi connectivity index (χ0n) is 9.60. The van der Waals surface area contributed by atoms with Crippen molar-refractivity contribution in [3.63, 3.8) is 0 Å². The van der Waals surface area contributed by atoms with Crippen LogP contribution in [0.25, 0.3) is 0 Å². The van der Waals surface area contributed by atoms with Crippen molar-refractivity contribution in [1.29, 1.82) is 0 Å². The van der Waals surface area contributed by atoms with E-state index in [4.69, 9.17) is 15.1 Å². The molecule has 0 fully saturated rings. The van der Waals surface area contributed by atoms with Gasteiger partial charge in [-0.15, -0.1) is 0 Å². The van der Waals surface area contributed by atoms with E-state index in [2.05, 4.69) is 5.16 Å². The molecule has 0 spiro atoms. The average Bonchev–Trinajstić information content (AvgIpc) is 2.30. The standard InChI is InChI=1S/C12H17NO3/c1-9-5-3-6-11(10(2)13-15)12(9)16-8-4-7-14/h3,5-6,14-15H,4,7-8H2,1-2H3/b13-10+. The monoisotopic (exact) mass is 223 g/mol. The molecule has 1 rings (SSSR count). The third-order valence-electron chi connectivity index (χ3n) is 2.30. The molecule has 4 heteroatoms. The number of aliphatic hydroxyl groups is 1. The van der Waals surface area contributed by atoms with Crippen LogP contribution in [-0.4, -0.2) is 29.2 Å². The quantitative estimate of drug-likeness (QED) is 0.347. The van der Waals surface area contributed by atoms with Crippen molar-refractivity contribution in [2.24, 2.45) is 5.16 Å². The molecule has 0 saturated heterocycles. The van der Waals surface area contributed by atoms with Crippen LogP contribution < -0.4 is 4.74 Å². The van der Waals surface area contributed by atoms with Gasteiger partial charge in [-0.1, -0.05) is 17.3 Å². The van der Waals surface area contributed by atoms with Gasteiger partial charge in [0.1, 0.15) is 5.75 Å². The number of para-hydroxylation sites is 1. The van der Waals surface area contributed by atoms with Gasteiger partial charge in [-0.3, -0.25) is 0 Å². The summed E-state index contributed by atoms with van der Waals surface area (Å²) in [6.45, 7) is 4.21. The maximum Gasteiger partial charge on any atom is 0.131 e. The second-order valence-corrected chi connectivity index (χ2v) is 3.56. The Balaban J connectivity index is 2.95. The third kappa shape index (κ3) is 2.97. The number of nitrogens with zero attached hydrogens (tertiary/aromatic N) is 1. The second-order valence-electron chi connectivity index (χ2n) is 3.56. The lowest BCUT2D eigenvalue weighted by Crippen LogP contribution is -2.06. The first-order valence-electron chi connectivity index (χ1n) is 5.23. The van der Waals surface area contributed by atoms with Crippen LogP contribution in [0.5, 0.6) is 5.75 Å². The maximum absolute atomic E-state index is 8.77. The van der Waals surface area contributed by atoms with Crippen molar-refractivity contribution in [1.82, 2.24) is 0 Å². The smallest absolute Gasteiger partial charge is 0.131 e. The van der Waals surface area contributed by atoms with Gasteiger partial charge in [0.15, 0.2) is 0 Å². The zero-order chi connectivity index (χ0) is 12.0. The van der Waals surface area contributed by atoms with Crippen molar-refractivity contribution < 1.29 is 15.1 Å². The van der Waals surface area contributed by atoms with E-state index >= 15 is 0 Å². The van der Waals surface area contributed by atoms with E-state index in [0.29, 0.717) is 24.5 Å². The summed E-state index contributed by atoms with van der Waals surface area (Å²) in [6.07, 6.45) is 0.586. The van der Waals surface area contributed by atoms with Gasteiger partial charge in [0.25, 0.3) is 0 Å². The van der Waals surface area contributed by atoms with Gasteiger partial charge in [0, 0.05) is 18.6 Å². The summed E-state index contributed by atoms with van der Waals surface area (Å²) in [5.41, 5.74) is 2.28. The van der Waals surface area contributed by atoms with Crippen molar-refractivity contribution in [2.45, 2.75) is 20.3 Å². The van der Waals surface area contributed by atoms with Crippen molar-refractivity contribution in [2.75, 3.05) is 13.2 Å². The predicted octanol–water partition coefficient (Wildman–Crippen LogP) is 1.95. The van der Waals surface area contributed by atoms with E-state index in [1.54, 1.807) is 6.92 Å². The summed E-state index contributed by atoms with van der Waals surface area (Å²) >= 11 is 0. The number of aliphatic hydroxyl groups excluding tert-OH is 1. The number of aryl methyl sites for hydroxylation is 1. The minimum absolute atomic E-state index is 0.105. The summed E-state index contributed by atoms with van der Waals surface area (Å²) in [6, 6.07) is 5.66. The Hall–Kier alpha value is -1.55. The number of rotatable bonds is 5. The molecule has 1 aromatic carbocycles. The topological polar surface area (TPSA) is 62.1 Å². The number of hydrogen-bond donors (Lipinski definition) is 2. The molecule has 0 amide bonds. The van der Waals surface area contributed by atoms with Crippen LogP contribution >= 0.6 is 0 Å². The van der Waals surface area contributed by atoms with Crippen LogP contribution in [0.4, 0.5) is 0 Å². The first kappa shape index (κ1) is 12.5. The molecule has 2 N–H and O–H groups in total. The average molecular weight is 223 g/mol. The van der Waals surface area contributed by atoms with E-state index in [0.717, 1.165) is 11.1 Å². The molecule has 0 heterocycles. The molecule has 0 bridgehead atoms. The Bertz CT molecular complexity index is 375. The molecule has 1 aromatic rings. The highest BCUT2D eigenvalue weighted by Gasteiger charge is 2.09. The fraction of sp³-hybridized carbons (Fsp3) is 0.417. The van der Waals surface area contributed by atoms with E-state index in [9.17, 15) is 0 Å². The summed E-state index contributed by atoms with van der Waals surface area (Å²) in [7, 11) is 0. The Morgan fingerprint density at radius 1 is 1.44 bits per heavy atom. The van der Waals surface area contributed by atoms with Crippen LogP contribution in [0.3, 0.4) is 0 Å². The second kappa shape index (κ2) is 6.12. The van der Waals surface area contributed by atoms with Gasteiger partial charge in [0.2, 0.25) is 0 Å². The molecule has 88 valence electrons.